The molecule has 9 heteroatoms. The molecule has 0 unspecified atom stereocenters. The first-order valence-electron chi connectivity index (χ1n) is 8.42. The highest BCUT2D eigenvalue weighted by atomic mass is 19.4. The maximum Gasteiger partial charge on any atom is 0.453 e. The summed E-state index contributed by atoms with van der Waals surface area (Å²) >= 11 is 0. The molecule has 0 amide bonds. The van der Waals surface area contributed by atoms with E-state index in [2.05, 4.69) is 15.1 Å². The van der Waals surface area contributed by atoms with Crippen molar-refractivity contribution in [3.8, 4) is 5.75 Å². The highest BCUT2D eigenvalue weighted by molar-refractivity contribution is 5.48. The van der Waals surface area contributed by atoms with Crippen LogP contribution in [-0.2, 0) is 12.7 Å². The first kappa shape index (κ1) is 18.9. The molecule has 3 aromatic rings. The van der Waals surface area contributed by atoms with Crippen LogP contribution in [0, 0.1) is 6.92 Å². The lowest BCUT2D eigenvalue weighted by Crippen LogP contribution is -2.20. The monoisotopic (exact) mass is 379 g/mol. The van der Waals surface area contributed by atoms with Gasteiger partial charge < -0.3 is 9.64 Å². The number of alkyl halides is 3. The number of hydrogen-bond donors (Lipinski definition) is 0. The van der Waals surface area contributed by atoms with Gasteiger partial charge in [-0.25, -0.2) is 4.98 Å². The number of anilines is 1. The fraction of sp³-hybridized carbons (Fsp3) is 0.389. The van der Waals surface area contributed by atoms with Crippen molar-refractivity contribution in [3.63, 3.8) is 0 Å². The van der Waals surface area contributed by atoms with Crippen LogP contribution in [0.25, 0.3) is 5.78 Å². The van der Waals surface area contributed by atoms with Crippen LogP contribution in [0.3, 0.4) is 0 Å². The number of aryl methyl sites for hydroxylation is 1. The van der Waals surface area contributed by atoms with Crippen LogP contribution >= 0.6 is 0 Å². The van der Waals surface area contributed by atoms with Gasteiger partial charge >= 0.3 is 6.18 Å². The molecule has 0 N–H and O–H groups in total. The summed E-state index contributed by atoms with van der Waals surface area (Å²) in [5.41, 5.74) is 1.51. The van der Waals surface area contributed by atoms with Crippen molar-refractivity contribution in [3.05, 3.63) is 47.4 Å². The van der Waals surface area contributed by atoms with Gasteiger partial charge in [-0.2, -0.15) is 22.7 Å². The number of aromatic nitrogens is 4. The van der Waals surface area contributed by atoms with Gasteiger partial charge in [-0.1, -0.05) is 12.1 Å². The van der Waals surface area contributed by atoms with Crippen LogP contribution in [0.15, 0.2) is 30.3 Å². The Hall–Kier alpha value is -2.84. The van der Waals surface area contributed by atoms with Gasteiger partial charge in [0.15, 0.2) is 0 Å². The fourth-order valence-corrected chi connectivity index (χ4v) is 2.70. The van der Waals surface area contributed by atoms with Gasteiger partial charge in [0, 0.05) is 25.4 Å². The number of fused-ring (bicyclic) bond motifs is 1. The summed E-state index contributed by atoms with van der Waals surface area (Å²) in [5, 5.41) is 3.60. The lowest BCUT2D eigenvalue weighted by atomic mass is 10.2. The molecule has 0 aliphatic heterocycles. The molecule has 0 atom stereocenters. The van der Waals surface area contributed by atoms with E-state index < -0.39 is 12.0 Å². The highest BCUT2D eigenvalue weighted by Crippen LogP contribution is 2.28. The molecular weight excluding hydrogens is 359 g/mol. The van der Waals surface area contributed by atoms with Crippen molar-refractivity contribution in [2.45, 2.75) is 39.6 Å². The minimum Gasteiger partial charge on any atom is -0.491 e. The molecule has 6 nitrogen and oxygen atoms in total. The number of ether oxygens (including phenoxy) is 1. The zero-order chi connectivity index (χ0) is 19.8. The smallest absolute Gasteiger partial charge is 0.453 e. The molecule has 3 rings (SSSR count). The summed E-state index contributed by atoms with van der Waals surface area (Å²) in [6, 6.07) is 9.26. The second-order valence-electron chi connectivity index (χ2n) is 6.57. The third kappa shape index (κ3) is 4.29. The molecule has 0 aliphatic rings. The van der Waals surface area contributed by atoms with E-state index in [1.807, 2.05) is 38.1 Å². The van der Waals surface area contributed by atoms with E-state index in [1.54, 1.807) is 24.9 Å². The molecule has 0 radical (unpaired) electrons. The lowest BCUT2D eigenvalue weighted by Gasteiger charge is -2.20. The summed E-state index contributed by atoms with van der Waals surface area (Å²) in [4.78, 5) is 9.36. The van der Waals surface area contributed by atoms with E-state index in [9.17, 15) is 13.2 Å². The molecule has 0 saturated carbocycles. The SMILES string of the molecule is Cc1cc(N(C)Cc2cccc(OC(C)C)c2)n2nc(C(F)(F)F)nc2n1. The van der Waals surface area contributed by atoms with Gasteiger partial charge in [-0.05, 0) is 38.5 Å². The Morgan fingerprint density at radius 2 is 1.93 bits per heavy atom. The van der Waals surface area contributed by atoms with Crippen LogP contribution in [0.1, 0.15) is 30.9 Å². The second kappa shape index (κ2) is 7.05. The maximum absolute atomic E-state index is 13.0. The minimum absolute atomic E-state index is 0.0522. The van der Waals surface area contributed by atoms with Crippen LogP contribution in [0.2, 0.25) is 0 Å². The molecular formula is C18H20F3N5O. The standard InChI is InChI=1S/C18H20F3N5O/c1-11(2)27-14-7-5-6-13(9-14)10-25(4)15-8-12(3)22-17-23-16(18(19,20)21)24-26(15)17/h5-9,11H,10H2,1-4H3. The normalized spacial score (nSPS) is 12.0. The number of halogens is 3. The summed E-state index contributed by atoms with van der Waals surface area (Å²) < 4.78 is 45.7. The van der Waals surface area contributed by atoms with Crippen molar-refractivity contribution < 1.29 is 17.9 Å². The summed E-state index contributed by atoms with van der Waals surface area (Å²) in [6.45, 7) is 6.04. The van der Waals surface area contributed by atoms with Crippen molar-refractivity contribution in [2.75, 3.05) is 11.9 Å². The maximum atomic E-state index is 13.0. The Balaban J connectivity index is 1.93. The number of hydrogen-bond acceptors (Lipinski definition) is 5. The second-order valence-corrected chi connectivity index (χ2v) is 6.57. The van der Waals surface area contributed by atoms with E-state index in [4.69, 9.17) is 4.74 Å². The minimum atomic E-state index is -4.63. The van der Waals surface area contributed by atoms with Crippen molar-refractivity contribution >= 4 is 11.6 Å². The quantitative estimate of drug-likeness (QED) is 0.674. The molecule has 2 aromatic heterocycles. The molecule has 2 heterocycles. The Labute approximate surface area is 154 Å². The average Bonchev–Trinajstić information content (AvgIpc) is 2.97. The van der Waals surface area contributed by atoms with Crippen molar-refractivity contribution in [1.29, 1.82) is 0 Å². The van der Waals surface area contributed by atoms with E-state index in [0.717, 1.165) is 15.8 Å². The van der Waals surface area contributed by atoms with Crippen LogP contribution in [-0.4, -0.2) is 32.7 Å². The van der Waals surface area contributed by atoms with Crippen LogP contribution in [0.5, 0.6) is 5.75 Å². The van der Waals surface area contributed by atoms with Gasteiger partial charge in [-0.15, -0.1) is 5.10 Å². The van der Waals surface area contributed by atoms with Gasteiger partial charge in [-0.3, -0.25) is 0 Å². The summed E-state index contributed by atoms with van der Waals surface area (Å²) in [7, 11) is 1.78. The molecule has 27 heavy (non-hydrogen) atoms. The van der Waals surface area contributed by atoms with Crippen molar-refractivity contribution in [2.24, 2.45) is 0 Å². The Kier molecular flexibility index (Phi) is 4.95. The molecule has 144 valence electrons. The number of benzene rings is 1. The van der Waals surface area contributed by atoms with E-state index in [-0.39, 0.29) is 11.9 Å². The van der Waals surface area contributed by atoms with Gasteiger partial charge in [0.05, 0.1) is 6.10 Å². The summed E-state index contributed by atoms with van der Waals surface area (Å²) in [6.07, 6.45) is -4.57. The van der Waals surface area contributed by atoms with E-state index >= 15 is 0 Å². The lowest BCUT2D eigenvalue weighted by molar-refractivity contribution is -0.144. The third-order valence-electron chi connectivity index (χ3n) is 3.76. The van der Waals surface area contributed by atoms with Crippen LogP contribution < -0.4 is 9.64 Å². The van der Waals surface area contributed by atoms with Crippen molar-refractivity contribution in [1.82, 2.24) is 19.6 Å². The Morgan fingerprint density at radius 1 is 1.19 bits per heavy atom. The predicted octanol–water partition coefficient (Wildman–Crippen LogP) is 3.88. The van der Waals surface area contributed by atoms with Gasteiger partial charge in [0.25, 0.3) is 11.6 Å². The van der Waals surface area contributed by atoms with E-state index in [0.29, 0.717) is 18.1 Å². The topological polar surface area (TPSA) is 55.6 Å². The molecule has 0 aliphatic carbocycles. The number of nitrogens with zero attached hydrogens (tertiary/aromatic N) is 5. The molecule has 0 spiro atoms. The average molecular weight is 379 g/mol. The largest absolute Gasteiger partial charge is 0.491 e. The Morgan fingerprint density at radius 3 is 2.59 bits per heavy atom. The molecule has 0 fully saturated rings. The Bertz CT molecular complexity index is 952. The highest BCUT2D eigenvalue weighted by Gasteiger charge is 2.37. The first-order chi connectivity index (χ1) is 12.6. The zero-order valence-corrected chi connectivity index (χ0v) is 15.4. The van der Waals surface area contributed by atoms with E-state index in [1.165, 1.54) is 0 Å². The zero-order valence-electron chi connectivity index (χ0n) is 15.4. The first-order valence-corrected chi connectivity index (χ1v) is 8.42. The summed E-state index contributed by atoms with van der Waals surface area (Å²) in [5.74, 6) is -0.0774. The molecule has 0 bridgehead atoms. The third-order valence-corrected chi connectivity index (χ3v) is 3.76. The van der Waals surface area contributed by atoms with Gasteiger partial charge in [0.2, 0.25) is 0 Å². The fourth-order valence-electron chi connectivity index (χ4n) is 2.70. The van der Waals surface area contributed by atoms with Crippen LogP contribution in [0.4, 0.5) is 19.0 Å². The predicted molar refractivity (Wildman–Crippen MR) is 94.8 cm³/mol. The number of rotatable bonds is 5. The van der Waals surface area contributed by atoms with Gasteiger partial charge in [0.1, 0.15) is 11.6 Å². The molecule has 1 aromatic carbocycles. The molecule has 0 saturated heterocycles.